The number of hydrogen-bond donors (Lipinski definition) is 1. The Labute approximate surface area is 126 Å². The molecule has 1 atom stereocenters. The Bertz CT molecular complexity index is 448. The summed E-state index contributed by atoms with van der Waals surface area (Å²) >= 11 is 1.90. The lowest BCUT2D eigenvalue weighted by molar-refractivity contribution is -0.274. The molecule has 0 spiro atoms. The van der Waals surface area contributed by atoms with Crippen LogP contribution in [0.3, 0.4) is 0 Å². The Morgan fingerprint density at radius 1 is 1.29 bits per heavy atom. The van der Waals surface area contributed by atoms with Gasteiger partial charge in [-0.2, -0.15) is 11.8 Å². The lowest BCUT2D eigenvalue weighted by Crippen LogP contribution is -2.35. The molecule has 0 radical (unpaired) electrons. The van der Waals surface area contributed by atoms with Crippen LogP contribution in [0, 0.1) is 0 Å². The average molecular weight is 320 g/mol. The Balaban J connectivity index is 2.15. The largest absolute Gasteiger partial charge is 0.573 e. The molecule has 1 aliphatic rings. The van der Waals surface area contributed by atoms with Gasteiger partial charge in [0.15, 0.2) is 0 Å². The minimum atomic E-state index is -4.67. The third kappa shape index (κ3) is 5.09. The summed E-state index contributed by atoms with van der Waals surface area (Å²) in [5.41, 5.74) is 6.62. The number of rotatable bonds is 4. The molecule has 118 valence electrons. The van der Waals surface area contributed by atoms with E-state index in [0.717, 1.165) is 36.6 Å². The summed E-state index contributed by atoms with van der Waals surface area (Å²) < 4.78 is 40.9. The zero-order valence-electron chi connectivity index (χ0n) is 11.6. The van der Waals surface area contributed by atoms with Gasteiger partial charge in [0, 0.05) is 24.9 Å². The fraction of sp³-hybridized carbons (Fsp3) is 0.571. The molecule has 1 heterocycles. The molecule has 1 aromatic carbocycles. The summed E-state index contributed by atoms with van der Waals surface area (Å²) in [6.45, 7) is 2.19. The van der Waals surface area contributed by atoms with Crippen LogP contribution < -0.4 is 10.5 Å². The summed E-state index contributed by atoms with van der Waals surface area (Å²) in [7, 11) is 0. The number of alkyl halides is 3. The maximum absolute atomic E-state index is 12.3. The minimum absolute atomic E-state index is 0.0690. The van der Waals surface area contributed by atoms with Gasteiger partial charge in [-0.3, -0.25) is 4.90 Å². The molecule has 1 unspecified atom stereocenters. The molecule has 7 heteroatoms. The van der Waals surface area contributed by atoms with Gasteiger partial charge in [-0.05, 0) is 36.4 Å². The number of nitrogens with zero attached hydrogens (tertiary/aromatic N) is 1. The van der Waals surface area contributed by atoms with Crippen LogP contribution in [0.5, 0.6) is 5.75 Å². The van der Waals surface area contributed by atoms with E-state index in [1.165, 1.54) is 12.1 Å². The normalized spacial score (nSPS) is 19.0. The minimum Gasteiger partial charge on any atom is -0.406 e. The van der Waals surface area contributed by atoms with Crippen molar-refractivity contribution in [1.82, 2.24) is 4.90 Å². The van der Waals surface area contributed by atoms with E-state index < -0.39 is 6.36 Å². The van der Waals surface area contributed by atoms with Crippen molar-refractivity contribution in [2.24, 2.45) is 5.73 Å². The van der Waals surface area contributed by atoms with Gasteiger partial charge in [-0.1, -0.05) is 12.1 Å². The van der Waals surface area contributed by atoms with Crippen LogP contribution >= 0.6 is 11.8 Å². The predicted octanol–water partition coefficient (Wildman–Crippen LogP) is 3.02. The molecule has 2 rings (SSSR count). The van der Waals surface area contributed by atoms with Crippen molar-refractivity contribution in [1.29, 1.82) is 0 Å². The zero-order valence-corrected chi connectivity index (χ0v) is 12.4. The van der Waals surface area contributed by atoms with Gasteiger partial charge in [0.05, 0.1) is 0 Å². The number of hydrogen-bond acceptors (Lipinski definition) is 4. The van der Waals surface area contributed by atoms with Crippen LogP contribution in [0.1, 0.15) is 18.0 Å². The van der Waals surface area contributed by atoms with E-state index in [0.29, 0.717) is 6.54 Å². The van der Waals surface area contributed by atoms with E-state index in [2.05, 4.69) is 9.64 Å². The molecule has 1 aromatic rings. The molecular weight excluding hydrogens is 301 g/mol. The topological polar surface area (TPSA) is 38.5 Å². The van der Waals surface area contributed by atoms with Crippen LogP contribution in [0.2, 0.25) is 0 Å². The highest BCUT2D eigenvalue weighted by molar-refractivity contribution is 7.99. The van der Waals surface area contributed by atoms with Gasteiger partial charge >= 0.3 is 6.36 Å². The van der Waals surface area contributed by atoms with E-state index in [9.17, 15) is 13.2 Å². The third-order valence-corrected chi connectivity index (χ3v) is 4.45. The SMILES string of the molecule is NCC(c1cccc(OC(F)(F)F)c1)N1CCCSCC1. The first kappa shape index (κ1) is 16.5. The molecular formula is C14H19F3N2OS. The number of benzene rings is 1. The van der Waals surface area contributed by atoms with Gasteiger partial charge in [0.25, 0.3) is 0 Å². The van der Waals surface area contributed by atoms with E-state index in [4.69, 9.17) is 5.73 Å². The van der Waals surface area contributed by atoms with Crippen molar-refractivity contribution in [2.75, 3.05) is 31.1 Å². The lowest BCUT2D eigenvalue weighted by atomic mass is 10.0. The van der Waals surface area contributed by atoms with Crippen LogP contribution in [-0.4, -0.2) is 42.4 Å². The predicted molar refractivity (Wildman–Crippen MR) is 78.4 cm³/mol. The monoisotopic (exact) mass is 320 g/mol. The second-order valence-electron chi connectivity index (χ2n) is 4.87. The molecule has 1 fully saturated rings. The molecule has 21 heavy (non-hydrogen) atoms. The number of ether oxygens (including phenoxy) is 1. The number of nitrogens with two attached hydrogens (primary N) is 1. The van der Waals surface area contributed by atoms with Crippen molar-refractivity contribution in [3.05, 3.63) is 29.8 Å². The van der Waals surface area contributed by atoms with E-state index in [1.54, 1.807) is 12.1 Å². The molecule has 0 aromatic heterocycles. The summed E-state index contributed by atoms with van der Waals surface area (Å²) in [5, 5.41) is 0. The van der Waals surface area contributed by atoms with Crippen molar-refractivity contribution in [3.63, 3.8) is 0 Å². The average Bonchev–Trinajstić information content (AvgIpc) is 2.67. The second-order valence-corrected chi connectivity index (χ2v) is 6.10. The summed E-state index contributed by atoms with van der Waals surface area (Å²) in [6.07, 6.45) is -3.60. The fourth-order valence-electron chi connectivity index (χ4n) is 2.49. The van der Waals surface area contributed by atoms with Crippen molar-refractivity contribution < 1.29 is 17.9 Å². The second kappa shape index (κ2) is 7.38. The number of halogens is 3. The molecule has 0 aliphatic carbocycles. The van der Waals surface area contributed by atoms with E-state index in [1.807, 2.05) is 11.8 Å². The third-order valence-electron chi connectivity index (χ3n) is 3.40. The van der Waals surface area contributed by atoms with Crippen LogP contribution in [0.15, 0.2) is 24.3 Å². The molecule has 3 nitrogen and oxygen atoms in total. The fourth-order valence-corrected chi connectivity index (χ4v) is 3.39. The first-order valence-electron chi connectivity index (χ1n) is 6.87. The highest BCUT2D eigenvalue weighted by atomic mass is 32.2. The standard InChI is InChI=1S/C14H19F3N2OS/c15-14(16,17)20-12-4-1-3-11(9-12)13(10-18)19-5-2-7-21-8-6-19/h1,3-4,9,13H,2,5-8,10,18H2. The Morgan fingerprint density at radius 3 is 2.81 bits per heavy atom. The smallest absolute Gasteiger partial charge is 0.406 e. The van der Waals surface area contributed by atoms with Gasteiger partial charge < -0.3 is 10.5 Å². The zero-order chi connectivity index (χ0) is 15.3. The van der Waals surface area contributed by atoms with Crippen LogP contribution in [-0.2, 0) is 0 Å². The maximum Gasteiger partial charge on any atom is 0.573 e. The van der Waals surface area contributed by atoms with E-state index >= 15 is 0 Å². The van der Waals surface area contributed by atoms with Gasteiger partial charge in [0.2, 0.25) is 0 Å². The molecule has 0 amide bonds. The summed E-state index contributed by atoms with van der Waals surface area (Å²) in [5.74, 6) is 1.95. The number of thioether (sulfide) groups is 1. The first-order valence-corrected chi connectivity index (χ1v) is 8.02. The summed E-state index contributed by atoms with van der Waals surface area (Å²) in [6, 6.07) is 6.05. The highest BCUT2D eigenvalue weighted by Gasteiger charge is 2.31. The molecule has 0 saturated carbocycles. The molecule has 0 bridgehead atoms. The molecule has 1 saturated heterocycles. The van der Waals surface area contributed by atoms with E-state index in [-0.39, 0.29) is 11.8 Å². The molecule has 2 N–H and O–H groups in total. The lowest BCUT2D eigenvalue weighted by Gasteiger charge is -2.30. The molecule has 1 aliphatic heterocycles. The maximum atomic E-state index is 12.3. The Morgan fingerprint density at radius 2 is 2.10 bits per heavy atom. The van der Waals surface area contributed by atoms with Crippen molar-refractivity contribution >= 4 is 11.8 Å². The van der Waals surface area contributed by atoms with Gasteiger partial charge in [0.1, 0.15) is 5.75 Å². The first-order chi connectivity index (χ1) is 9.99. The van der Waals surface area contributed by atoms with Crippen molar-refractivity contribution in [3.8, 4) is 5.75 Å². The van der Waals surface area contributed by atoms with Gasteiger partial charge in [-0.15, -0.1) is 13.2 Å². The van der Waals surface area contributed by atoms with Crippen molar-refractivity contribution in [2.45, 2.75) is 18.8 Å². The summed E-state index contributed by atoms with van der Waals surface area (Å²) in [4.78, 5) is 2.24. The highest BCUT2D eigenvalue weighted by Crippen LogP contribution is 2.28. The van der Waals surface area contributed by atoms with Gasteiger partial charge in [-0.25, -0.2) is 0 Å². The van der Waals surface area contributed by atoms with Crippen LogP contribution in [0.4, 0.5) is 13.2 Å². The Kier molecular flexibility index (Phi) is 5.78. The quantitative estimate of drug-likeness (QED) is 0.925. The Hall–Kier alpha value is -0.920. The van der Waals surface area contributed by atoms with Crippen LogP contribution in [0.25, 0.3) is 0 Å².